The van der Waals surface area contributed by atoms with E-state index in [0.717, 1.165) is 0 Å². The molecule has 13 heavy (non-hydrogen) atoms. The standard InChI is InChI=1S/C5H14N3O3PS/c1-4-7(2)6-5(13)8(4)3-12(9,10)11/h4-6,13H,3H2,1-2H3,(H2,9,10,11)/p-1. The molecular weight excluding hydrogens is 213 g/mol. The molecule has 0 aromatic rings. The summed E-state index contributed by atoms with van der Waals surface area (Å²) in [6.45, 7) is 1.83. The molecule has 0 bridgehead atoms. The third kappa shape index (κ3) is 2.92. The first-order valence-corrected chi connectivity index (χ1v) is 6.03. The molecule has 0 radical (unpaired) electrons. The summed E-state index contributed by atoms with van der Waals surface area (Å²) in [5.74, 6) is 0. The maximum atomic E-state index is 10.7. The van der Waals surface area contributed by atoms with Crippen LogP contribution in [0.4, 0.5) is 0 Å². The van der Waals surface area contributed by atoms with Crippen molar-refractivity contribution in [3.8, 4) is 0 Å². The fourth-order valence-corrected chi connectivity index (χ4v) is 2.53. The molecule has 0 saturated carbocycles. The van der Waals surface area contributed by atoms with E-state index in [2.05, 4.69) is 5.43 Å². The molecule has 2 unspecified atom stereocenters. The van der Waals surface area contributed by atoms with Crippen LogP contribution in [0.2, 0.25) is 0 Å². The second-order valence-corrected chi connectivity index (χ2v) is 5.10. The molecule has 0 aliphatic carbocycles. The minimum absolute atomic E-state index is 0.102. The molecule has 6 nitrogen and oxygen atoms in total. The molecule has 0 aromatic carbocycles. The average molecular weight is 226 g/mol. The molecule has 0 amide bonds. The summed E-state index contributed by atoms with van der Waals surface area (Å²) in [5.41, 5.74) is 2.42. The molecule has 0 aromatic heterocycles. The van der Waals surface area contributed by atoms with Crippen molar-refractivity contribution in [1.29, 1.82) is 0 Å². The Morgan fingerprint density at radius 3 is 2.46 bits per heavy atom. The van der Waals surface area contributed by atoms with Crippen LogP contribution in [-0.2, 0) is 17.2 Å². The monoisotopic (exact) mass is 226 g/mol. The smallest absolute Gasteiger partial charge is 0.339 e. The van der Waals surface area contributed by atoms with E-state index in [1.54, 1.807) is 12.1 Å². The molecule has 3 N–H and O–H groups in total. The van der Waals surface area contributed by atoms with Crippen LogP contribution in [0.25, 0.3) is 0 Å². The summed E-state index contributed by atoms with van der Waals surface area (Å²) in [7, 11) is -2.24. The largest absolute Gasteiger partial charge is 0.757 e. The van der Waals surface area contributed by atoms with Crippen molar-refractivity contribution < 1.29 is 14.4 Å². The molecule has 1 aliphatic heterocycles. The molecule has 8 heteroatoms. The first kappa shape index (κ1) is 11.5. The van der Waals surface area contributed by atoms with Gasteiger partial charge >= 0.3 is 7.60 Å². The van der Waals surface area contributed by atoms with Gasteiger partial charge in [-0.1, -0.05) is 0 Å². The Morgan fingerprint density at radius 1 is 1.62 bits per heavy atom. The van der Waals surface area contributed by atoms with Crippen LogP contribution >= 0.6 is 7.60 Å². The van der Waals surface area contributed by atoms with Crippen LogP contribution in [0, 0.1) is 0 Å². The van der Waals surface area contributed by atoms with Crippen LogP contribution in [0.15, 0.2) is 0 Å². The van der Waals surface area contributed by atoms with E-state index in [0.29, 0.717) is 0 Å². The van der Waals surface area contributed by atoms with Gasteiger partial charge in [-0.25, -0.2) is 5.01 Å². The Labute approximate surface area is 82.4 Å². The summed E-state index contributed by atoms with van der Waals surface area (Å²) in [5, 5.41) is 1.73. The first-order valence-electron chi connectivity index (χ1n) is 3.76. The number of hydrogen-bond acceptors (Lipinski definition) is 5. The van der Waals surface area contributed by atoms with Crippen LogP contribution in [-0.4, -0.2) is 44.7 Å². The van der Waals surface area contributed by atoms with E-state index in [1.165, 1.54) is 4.90 Å². The summed E-state index contributed by atoms with van der Waals surface area (Å²) >= 11 is 4.98. The molecule has 1 aliphatic rings. The molecular formula is C5H13N3O3PS-. The van der Waals surface area contributed by atoms with Gasteiger partial charge in [-0.15, -0.1) is 0 Å². The third-order valence-corrected chi connectivity index (χ3v) is 3.07. The lowest BCUT2D eigenvalue weighted by molar-refractivity contribution is 0.169. The highest BCUT2D eigenvalue weighted by Gasteiger charge is 2.31. The molecule has 78 valence electrons. The van der Waals surface area contributed by atoms with Gasteiger partial charge in [-0.05, 0) is 12.4 Å². The predicted octanol–water partition coefficient (Wildman–Crippen LogP) is -0.950. The number of hydrazine groups is 1. The van der Waals surface area contributed by atoms with Gasteiger partial charge in [-0.2, -0.15) is 0 Å². The van der Waals surface area contributed by atoms with Gasteiger partial charge in [0.2, 0.25) is 0 Å². The zero-order valence-corrected chi connectivity index (χ0v) is 9.13. The van der Waals surface area contributed by atoms with Gasteiger partial charge in [0.25, 0.3) is 0 Å². The van der Waals surface area contributed by atoms with E-state index in [4.69, 9.17) is 22.4 Å². The molecule has 1 rings (SSSR count). The second-order valence-electron chi connectivity index (χ2n) is 3.04. The molecule has 1 heterocycles. The minimum atomic E-state index is -4.02. The van der Waals surface area contributed by atoms with Crippen LogP contribution in [0.3, 0.4) is 0 Å². The van der Waals surface area contributed by atoms with Crippen molar-refractivity contribution in [3.63, 3.8) is 0 Å². The van der Waals surface area contributed by atoms with Crippen molar-refractivity contribution >= 4 is 20.2 Å². The zero-order chi connectivity index (χ0) is 10.2. The molecule has 1 saturated heterocycles. The maximum absolute atomic E-state index is 10.7. The number of nitrogens with one attached hydrogen (secondary N) is 1. The van der Waals surface area contributed by atoms with Crippen molar-refractivity contribution in [2.75, 3.05) is 13.3 Å². The van der Waals surface area contributed by atoms with Gasteiger partial charge in [0, 0.05) is 7.05 Å². The molecule has 2 atom stereocenters. The summed E-state index contributed by atoms with van der Waals surface area (Å²) in [6, 6.07) is 0. The Hall–Kier alpha value is 0.380. The summed E-state index contributed by atoms with van der Waals surface area (Å²) in [6.07, 6.45) is -0.408. The predicted molar refractivity (Wildman–Crippen MR) is 50.3 cm³/mol. The second kappa shape index (κ2) is 3.86. The topological polar surface area (TPSA) is 76.0 Å². The minimum Gasteiger partial charge on any atom is -0.757 e. The normalized spacial score (nSPS) is 32.7. The average Bonchev–Trinajstić information content (AvgIpc) is 2.14. The third-order valence-electron chi connectivity index (χ3n) is 2.00. The van der Waals surface area contributed by atoms with Gasteiger partial charge < -0.3 is 22.4 Å². The van der Waals surface area contributed by atoms with Crippen LogP contribution in [0.5, 0.6) is 0 Å². The summed E-state index contributed by atoms with van der Waals surface area (Å²) < 4.78 is 10.7. The highest BCUT2D eigenvalue weighted by Crippen LogP contribution is 2.37. The Morgan fingerprint density at radius 2 is 2.15 bits per heavy atom. The fourth-order valence-electron chi connectivity index (χ4n) is 1.18. The maximum Gasteiger partial charge on any atom is 0.339 e. The van der Waals surface area contributed by atoms with Gasteiger partial charge in [0.05, 0.1) is 6.17 Å². The van der Waals surface area contributed by atoms with E-state index in [-0.39, 0.29) is 12.5 Å². The van der Waals surface area contributed by atoms with Gasteiger partial charge in [0.15, 0.2) is 0 Å². The molecule has 0 spiro atoms. The van der Waals surface area contributed by atoms with Crippen molar-refractivity contribution in [2.45, 2.75) is 18.6 Å². The SMILES string of the molecule is CC1N(C)NC([S-])N1CP(=O)(O)O. The quantitative estimate of drug-likeness (QED) is 0.414. The van der Waals surface area contributed by atoms with E-state index >= 15 is 0 Å². The van der Waals surface area contributed by atoms with E-state index in [9.17, 15) is 4.57 Å². The Balaban J connectivity index is 2.64. The lowest BCUT2D eigenvalue weighted by Gasteiger charge is -2.30. The van der Waals surface area contributed by atoms with E-state index in [1.807, 2.05) is 6.92 Å². The number of hydrogen-bond donors (Lipinski definition) is 3. The Kier molecular flexibility index (Phi) is 3.40. The Bertz CT molecular complexity index is 235. The van der Waals surface area contributed by atoms with Crippen molar-refractivity contribution in [1.82, 2.24) is 15.3 Å². The molecule has 1 fully saturated rings. The van der Waals surface area contributed by atoms with Crippen molar-refractivity contribution in [3.05, 3.63) is 0 Å². The lowest BCUT2D eigenvalue weighted by Crippen LogP contribution is -2.37. The van der Waals surface area contributed by atoms with Crippen molar-refractivity contribution in [2.24, 2.45) is 0 Å². The van der Waals surface area contributed by atoms with Gasteiger partial charge in [-0.3, -0.25) is 14.9 Å². The van der Waals surface area contributed by atoms with E-state index < -0.39 is 13.1 Å². The van der Waals surface area contributed by atoms with Crippen LogP contribution < -0.4 is 5.43 Å². The zero-order valence-electron chi connectivity index (χ0n) is 7.41. The number of nitrogens with zero attached hydrogens (tertiary/aromatic N) is 2. The van der Waals surface area contributed by atoms with Gasteiger partial charge in [0.1, 0.15) is 6.29 Å². The highest BCUT2D eigenvalue weighted by molar-refractivity contribution is 7.59. The number of rotatable bonds is 2. The fraction of sp³-hybridized carbons (Fsp3) is 1.00. The van der Waals surface area contributed by atoms with Crippen LogP contribution in [0.1, 0.15) is 6.92 Å². The highest BCUT2D eigenvalue weighted by atomic mass is 32.1. The first-order chi connectivity index (χ1) is 5.81. The lowest BCUT2D eigenvalue weighted by atomic mass is 10.5. The summed E-state index contributed by atoms with van der Waals surface area (Å²) in [4.78, 5) is 19.1.